The minimum absolute atomic E-state index is 0.346. The summed E-state index contributed by atoms with van der Waals surface area (Å²) in [5.41, 5.74) is 2.28. The van der Waals surface area contributed by atoms with Crippen LogP contribution in [0.25, 0.3) is 0 Å². The van der Waals surface area contributed by atoms with Crippen molar-refractivity contribution in [2.24, 2.45) is 7.05 Å². The minimum atomic E-state index is -1.75. The van der Waals surface area contributed by atoms with Gasteiger partial charge in [-0.2, -0.15) is 5.10 Å². The number of anilines is 2. The quantitative estimate of drug-likeness (QED) is 0.135. The third kappa shape index (κ3) is 6.37. The van der Waals surface area contributed by atoms with E-state index in [2.05, 4.69) is 21.0 Å². The van der Waals surface area contributed by atoms with E-state index in [0.717, 1.165) is 16.7 Å². The molecular weight excluding hydrogens is 514 g/mol. The normalized spacial score (nSPS) is 11.1. The Hall–Kier alpha value is -5.36. The number of aromatic nitrogens is 2. The molecule has 12 nitrogen and oxygen atoms in total. The first kappa shape index (κ1) is 27.7. The highest BCUT2D eigenvalue weighted by Gasteiger charge is 2.37. The van der Waals surface area contributed by atoms with Crippen molar-refractivity contribution in [1.29, 1.82) is 0 Å². The molecule has 4 rings (SSSR count). The molecule has 1 heterocycles. The molecule has 0 spiro atoms. The van der Waals surface area contributed by atoms with Crippen LogP contribution >= 0.6 is 0 Å². The van der Waals surface area contributed by atoms with Crippen molar-refractivity contribution >= 4 is 29.6 Å². The van der Waals surface area contributed by atoms with Gasteiger partial charge < -0.3 is 41.1 Å². The van der Waals surface area contributed by atoms with Crippen LogP contribution in [0, 0.1) is 0 Å². The Bertz CT molecular complexity index is 1330. The Morgan fingerprint density at radius 1 is 0.800 bits per heavy atom. The number of carboxylic acid groups (broad SMARTS) is 2. The minimum Gasteiger partial charge on any atom is -0.530 e. The van der Waals surface area contributed by atoms with E-state index in [-0.39, 0.29) is 0 Å². The summed E-state index contributed by atoms with van der Waals surface area (Å²) in [6.07, 6.45) is -3.54. The molecule has 0 aliphatic heterocycles. The Kier molecular flexibility index (Phi) is 8.62. The van der Waals surface area contributed by atoms with Gasteiger partial charge in [0.1, 0.15) is 29.2 Å². The Morgan fingerprint density at radius 2 is 1.25 bits per heavy atom. The second-order valence-electron chi connectivity index (χ2n) is 8.73. The monoisotopic (exact) mass is 541 g/mol. The molecule has 12 heteroatoms. The van der Waals surface area contributed by atoms with Gasteiger partial charge in [0.15, 0.2) is 6.29 Å². The SMILES string of the molecule is Cn1ncc(NC(=O)CNC(NC(=O)[O-])NC(=O)[O-])c1NC(c1ccccc1)(c1ccccc1)c1ccccc1. The smallest absolute Gasteiger partial charge is 0.238 e. The lowest BCUT2D eigenvalue weighted by atomic mass is 9.77. The fourth-order valence-electron chi connectivity index (χ4n) is 4.40. The van der Waals surface area contributed by atoms with Gasteiger partial charge >= 0.3 is 0 Å². The van der Waals surface area contributed by atoms with Crippen molar-refractivity contribution < 1.29 is 24.6 Å². The lowest BCUT2D eigenvalue weighted by Gasteiger charge is -2.38. The molecule has 0 radical (unpaired) electrons. The third-order valence-electron chi connectivity index (χ3n) is 6.13. The van der Waals surface area contributed by atoms with Gasteiger partial charge in [-0.15, -0.1) is 0 Å². The highest BCUT2D eigenvalue weighted by Crippen LogP contribution is 2.41. The highest BCUT2D eigenvalue weighted by molar-refractivity contribution is 5.95. The van der Waals surface area contributed by atoms with Gasteiger partial charge in [-0.3, -0.25) is 14.8 Å². The zero-order valence-corrected chi connectivity index (χ0v) is 21.5. The lowest BCUT2D eigenvalue weighted by Crippen LogP contribution is -2.62. The van der Waals surface area contributed by atoms with Gasteiger partial charge in [0, 0.05) is 7.05 Å². The molecule has 4 aromatic rings. The number of rotatable bonds is 11. The maximum absolute atomic E-state index is 12.8. The number of carbonyl (C=O) groups excluding carboxylic acids is 3. The average molecular weight is 542 g/mol. The fraction of sp³-hybridized carbons (Fsp3) is 0.143. The van der Waals surface area contributed by atoms with Crippen molar-refractivity contribution in [2.45, 2.75) is 11.8 Å². The molecule has 0 aliphatic carbocycles. The molecule has 0 unspecified atom stereocenters. The summed E-state index contributed by atoms with van der Waals surface area (Å²) < 4.78 is 1.59. The van der Waals surface area contributed by atoms with Crippen LogP contribution in [0.5, 0.6) is 0 Å². The van der Waals surface area contributed by atoms with Gasteiger partial charge in [-0.05, 0) is 16.7 Å². The number of hydrogen-bond donors (Lipinski definition) is 5. The van der Waals surface area contributed by atoms with E-state index < -0.39 is 36.5 Å². The Morgan fingerprint density at radius 3 is 1.68 bits per heavy atom. The second kappa shape index (κ2) is 12.5. The molecule has 1 aromatic heterocycles. The van der Waals surface area contributed by atoms with Crippen LogP contribution in [-0.2, 0) is 17.4 Å². The largest absolute Gasteiger partial charge is 0.530 e. The molecule has 0 saturated carbocycles. The summed E-state index contributed by atoms with van der Waals surface area (Å²) in [5.74, 6) is -0.103. The molecule has 0 bridgehead atoms. The van der Waals surface area contributed by atoms with Gasteiger partial charge in [-0.25, -0.2) is 0 Å². The number of hydrogen-bond acceptors (Lipinski definition) is 8. The predicted molar refractivity (Wildman–Crippen MR) is 144 cm³/mol. The summed E-state index contributed by atoms with van der Waals surface area (Å²) in [5, 5.41) is 38.4. The number of nitrogens with one attached hydrogen (secondary N) is 5. The summed E-state index contributed by atoms with van der Waals surface area (Å²) in [4.78, 5) is 34.5. The van der Waals surface area contributed by atoms with Crippen molar-refractivity contribution in [1.82, 2.24) is 25.7 Å². The van der Waals surface area contributed by atoms with Crippen LogP contribution < -0.4 is 36.8 Å². The first-order valence-corrected chi connectivity index (χ1v) is 12.2. The van der Waals surface area contributed by atoms with Crippen LogP contribution in [0.3, 0.4) is 0 Å². The van der Waals surface area contributed by atoms with Crippen LogP contribution in [0.2, 0.25) is 0 Å². The van der Waals surface area contributed by atoms with E-state index in [9.17, 15) is 24.6 Å². The van der Waals surface area contributed by atoms with Gasteiger partial charge in [0.05, 0.1) is 12.7 Å². The number of carbonyl (C=O) groups is 3. The standard InChI is InChI=1S/C28H29N7O5/c1-35-24(22(17-30-35)31-23(36)18-29-25(32-26(37)38)33-27(39)40)34-28(19-11-5-2-6-12-19,20-13-7-3-8-14-20)21-15-9-4-10-16-21/h2-17,25,29,32-34H,18H2,1H3,(H,31,36)(H,37,38)(H,39,40)/p-2. The van der Waals surface area contributed by atoms with E-state index in [0.29, 0.717) is 11.5 Å². The van der Waals surface area contributed by atoms with Crippen LogP contribution in [0.4, 0.5) is 21.1 Å². The second-order valence-corrected chi connectivity index (χ2v) is 8.73. The van der Waals surface area contributed by atoms with Crippen LogP contribution in [0.15, 0.2) is 97.2 Å². The summed E-state index contributed by atoms with van der Waals surface area (Å²) in [7, 11) is 1.73. The number of nitrogens with zero attached hydrogens (tertiary/aromatic N) is 2. The molecule has 0 atom stereocenters. The average Bonchev–Trinajstić information content (AvgIpc) is 3.29. The van der Waals surface area contributed by atoms with Gasteiger partial charge in [0.2, 0.25) is 5.91 Å². The molecule has 0 aliphatic rings. The molecule has 3 aromatic carbocycles. The molecule has 0 saturated heterocycles. The third-order valence-corrected chi connectivity index (χ3v) is 6.13. The molecule has 206 valence electrons. The van der Waals surface area contributed by atoms with Crippen molar-refractivity contribution in [3.05, 3.63) is 114 Å². The molecule has 5 N–H and O–H groups in total. The van der Waals surface area contributed by atoms with E-state index in [1.165, 1.54) is 6.20 Å². The lowest BCUT2D eigenvalue weighted by molar-refractivity contribution is -0.256. The molecule has 0 fully saturated rings. The van der Waals surface area contributed by atoms with E-state index in [1.807, 2.05) is 91.0 Å². The number of amides is 3. The summed E-state index contributed by atoms with van der Waals surface area (Å²) in [6, 6.07) is 29.6. The Balaban J connectivity index is 1.68. The van der Waals surface area contributed by atoms with Crippen LogP contribution in [0.1, 0.15) is 16.7 Å². The predicted octanol–water partition coefficient (Wildman–Crippen LogP) is 0.502. The highest BCUT2D eigenvalue weighted by atomic mass is 16.4. The number of aryl methyl sites for hydroxylation is 1. The maximum Gasteiger partial charge on any atom is 0.238 e. The fourth-order valence-corrected chi connectivity index (χ4v) is 4.40. The van der Waals surface area contributed by atoms with Crippen molar-refractivity contribution in [3.63, 3.8) is 0 Å². The Labute approximate surface area is 230 Å². The van der Waals surface area contributed by atoms with Crippen LogP contribution in [-0.4, -0.2) is 40.7 Å². The van der Waals surface area contributed by atoms with Crippen molar-refractivity contribution in [3.8, 4) is 0 Å². The van der Waals surface area contributed by atoms with E-state index >= 15 is 0 Å². The zero-order valence-electron chi connectivity index (χ0n) is 21.5. The summed E-state index contributed by atoms with van der Waals surface area (Å²) >= 11 is 0. The maximum atomic E-state index is 12.8. The zero-order chi connectivity index (χ0) is 28.5. The topological polar surface area (TPSA) is 175 Å². The number of benzene rings is 3. The van der Waals surface area contributed by atoms with E-state index in [1.54, 1.807) is 22.4 Å². The van der Waals surface area contributed by atoms with E-state index in [4.69, 9.17) is 0 Å². The molecule has 40 heavy (non-hydrogen) atoms. The first-order chi connectivity index (χ1) is 19.3. The first-order valence-electron chi connectivity index (χ1n) is 12.2. The van der Waals surface area contributed by atoms with Crippen molar-refractivity contribution in [2.75, 3.05) is 17.2 Å². The molecular formula is C28H27N7O5-2. The molecule has 3 amide bonds. The van der Waals surface area contributed by atoms with Gasteiger partial charge in [-0.1, -0.05) is 91.0 Å². The van der Waals surface area contributed by atoms with Gasteiger partial charge in [0.25, 0.3) is 0 Å². The summed E-state index contributed by atoms with van der Waals surface area (Å²) in [6.45, 7) is -0.458.